The maximum atomic E-state index is 12.9. The second kappa shape index (κ2) is 6.38. The van der Waals surface area contributed by atoms with Gasteiger partial charge in [0, 0.05) is 18.2 Å². The molecule has 120 valence electrons. The van der Waals surface area contributed by atoms with Gasteiger partial charge in [-0.2, -0.15) is 0 Å². The number of aliphatic hydroxyl groups is 1. The fraction of sp³-hybridized carbons (Fsp3) is 0.278. The summed E-state index contributed by atoms with van der Waals surface area (Å²) in [5, 5.41) is 10.1. The van der Waals surface area contributed by atoms with E-state index in [-0.39, 0.29) is 5.82 Å². The maximum Gasteiger partial charge on any atom is 0.145 e. The summed E-state index contributed by atoms with van der Waals surface area (Å²) in [7, 11) is 0. The van der Waals surface area contributed by atoms with Gasteiger partial charge in [-0.25, -0.2) is 4.39 Å². The number of nitrogens with zero attached hydrogens (tertiary/aromatic N) is 2. The quantitative estimate of drug-likeness (QED) is 0.926. The summed E-state index contributed by atoms with van der Waals surface area (Å²) in [5.41, 5.74) is 1.60. The summed E-state index contributed by atoms with van der Waals surface area (Å²) < 4.78 is 18.5. The Morgan fingerprint density at radius 2 is 1.78 bits per heavy atom. The Kier molecular flexibility index (Phi) is 4.30. The number of pyridine rings is 1. The summed E-state index contributed by atoms with van der Waals surface area (Å²) in [5.74, 6) is 1.19. The number of hydrogen-bond acceptors (Lipinski definition) is 4. The number of ether oxygens (including phenoxy) is 1. The van der Waals surface area contributed by atoms with Gasteiger partial charge in [0.2, 0.25) is 0 Å². The maximum absolute atomic E-state index is 12.9. The van der Waals surface area contributed by atoms with Crippen LogP contribution in [0.15, 0.2) is 48.4 Å². The zero-order valence-electron chi connectivity index (χ0n) is 13.2. The predicted molar refractivity (Wildman–Crippen MR) is 87.0 cm³/mol. The van der Waals surface area contributed by atoms with Gasteiger partial charge in [-0.1, -0.05) is 0 Å². The van der Waals surface area contributed by atoms with Crippen LogP contribution in [0.2, 0.25) is 0 Å². The highest BCUT2D eigenvalue weighted by Crippen LogP contribution is 2.27. The third-order valence-electron chi connectivity index (χ3n) is 3.89. The van der Waals surface area contributed by atoms with Crippen molar-refractivity contribution in [2.75, 3.05) is 13.1 Å². The lowest BCUT2D eigenvalue weighted by atomic mass is 10.1. The van der Waals surface area contributed by atoms with Crippen LogP contribution in [-0.4, -0.2) is 34.1 Å². The summed E-state index contributed by atoms with van der Waals surface area (Å²) in [6.07, 6.45) is 1.61. The van der Waals surface area contributed by atoms with Crippen LogP contribution in [-0.2, 0) is 0 Å². The molecule has 0 aliphatic carbocycles. The van der Waals surface area contributed by atoms with Gasteiger partial charge in [0.25, 0.3) is 0 Å². The molecule has 0 radical (unpaired) electrons. The van der Waals surface area contributed by atoms with Gasteiger partial charge in [0.05, 0.1) is 18.4 Å². The minimum atomic E-state index is -0.302. The van der Waals surface area contributed by atoms with E-state index in [1.165, 1.54) is 12.1 Å². The predicted octanol–water partition coefficient (Wildman–Crippen LogP) is 4.01. The molecular weight excluding hydrogens is 295 g/mol. The van der Waals surface area contributed by atoms with E-state index in [0.29, 0.717) is 36.4 Å². The molecule has 5 heteroatoms. The average molecular weight is 314 g/mol. The highest BCUT2D eigenvalue weighted by molar-refractivity contribution is 5.68. The van der Waals surface area contributed by atoms with E-state index >= 15 is 0 Å². The first-order valence-corrected chi connectivity index (χ1v) is 7.58. The van der Waals surface area contributed by atoms with Crippen LogP contribution < -0.4 is 4.74 Å². The normalized spacial score (nSPS) is 15.5. The van der Waals surface area contributed by atoms with E-state index < -0.39 is 0 Å². The van der Waals surface area contributed by atoms with Gasteiger partial charge in [-0.15, -0.1) is 0 Å². The molecule has 3 rings (SSSR count). The third kappa shape index (κ3) is 3.51. The first kappa shape index (κ1) is 15.5. The molecule has 0 unspecified atom stereocenters. The standard InChI is InChI=1S/C18H19FN2O2/c1-12(2)21-10-16(18(22)11-21)17-8-7-15(9-20-17)23-14-5-3-13(19)4-6-14/h3-9,12,22H,10-11H2,1-2H3. The second-order valence-electron chi connectivity index (χ2n) is 5.86. The molecule has 1 N–H and O–H groups in total. The molecule has 0 fully saturated rings. The van der Waals surface area contributed by atoms with Crippen LogP contribution in [0.3, 0.4) is 0 Å². The second-order valence-corrected chi connectivity index (χ2v) is 5.86. The average Bonchev–Trinajstić information content (AvgIpc) is 2.93. The smallest absolute Gasteiger partial charge is 0.145 e. The van der Waals surface area contributed by atoms with Crippen molar-refractivity contribution in [2.45, 2.75) is 19.9 Å². The molecule has 1 aliphatic heterocycles. The number of aromatic nitrogens is 1. The lowest BCUT2D eigenvalue weighted by molar-refractivity contribution is 0.256. The van der Waals surface area contributed by atoms with Crippen LogP contribution >= 0.6 is 0 Å². The van der Waals surface area contributed by atoms with E-state index in [1.54, 1.807) is 24.4 Å². The monoisotopic (exact) mass is 314 g/mol. The van der Waals surface area contributed by atoms with Crippen molar-refractivity contribution in [1.29, 1.82) is 0 Å². The van der Waals surface area contributed by atoms with Gasteiger partial charge in [-0.05, 0) is 50.2 Å². The topological polar surface area (TPSA) is 45.6 Å². The number of benzene rings is 1. The van der Waals surface area contributed by atoms with Gasteiger partial charge in [0.15, 0.2) is 0 Å². The Bertz CT molecular complexity index is 709. The molecule has 0 bridgehead atoms. The third-order valence-corrected chi connectivity index (χ3v) is 3.89. The first-order chi connectivity index (χ1) is 11.0. The van der Waals surface area contributed by atoms with Crippen LogP contribution in [0.25, 0.3) is 5.57 Å². The summed E-state index contributed by atoms with van der Waals surface area (Å²) in [4.78, 5) is 6.55. The highest BCUT2D eigenvalue weighted by atomic mass is 19.1. The molecule has 0 spiro atoms. The SMILES string of the molecule is CC(C)N1CC(O)=C(c2ccc(Oc3ccc(F)cc3)cn2)C1. The van der Waals surface area contributed by atoms with E-state index in [2.05, 4.69) is 23.7 Å². The summed E-state index contributed by atoms with van der Waals surface area (Å²) in [6.45, 7) is 5.45. The molecule has 0 atom stereocenters. The molecule has 0 amide bonds. The minimum Gasteiger partial charge on any atom is -0.511 e. The number of rotatable bonds is 4. The van der Waals surface area contributed by atoms with Crippen LogP contribution in [0.5, 0.6) is 11.5 Å². The van der Waals surface area contributed by atoms with Crippen molar-refractivity contribution in [3.63, 3.8) is 0 Å². The van der Waals surface area contributed by atoms with Crippen molar-refractivity contribution in [3.05, 3.63) is 59.9 Å². The van der Waals surface area contributed by atoms with Gasteiger partial charge in [0.1, 0.15) is 23.1 Å². The van der Waals surface area contributed by atoms with E-state index in [0.717, 1.165) is 11.3 Å². The largest absolute Gasteiger partial charge is 0.511 e. The van der Waals surface area contributed by atoms with Gasteiger partial charge < -0.3 is 9.84 Å². The molecule has 2 heterocycles. The van der Waals surface area contributed by atoms with Crippen LogP contribution in [0, 0.1) is 5.82 Å². The fourth-order valence-electron chi connectivity index (χ4n) is 2.49. The molecule has 23 heavy (non-hydrogen) atoms. The number of hydrogen-bond donors (Lipinski definition) is 1. The molecule has 1 aromatic heterocycles. The number of aliphatic hydroxyl groups excluding tert-OH is 1. The molecule has 4 nitrogen and oxygen atoms in total. The Morgan fingerprint density at radius 1 is 1.09 bits per heavy atom. The molecule has 0 saturated heterocycles. The Balaban J connectivity index is 1.72. The van der Waals surface area contributed by atoms with Gasteiger partial charge in [-0.3, -0.25) is 9.88 Å². The fourth-order valence-corrected chi connectivity index (χ4v) is 2.49. The molecule has 1 aliphatic rings. The van der Waals surface area contributed by atoms with Crippen LogP contribution in [0.4, 0.5) is 4.39 Å². The Hall–Kier alpha value is -2.40. The molecular formula is C18H19FN2O2. The van der Waals surface area contributed by atoms with Gasteiger partial charge >= 0.3 is 0 Å². The highest BCUT2D eigenvalue weighted by Gasteiger charge is 2.25. The van der Waals surface area contributed by atoms with Crippen molar-refractivity contribution >= 4 is 5.57 Å². The van der Waals surface area contributed by atoms with E-state index in [1.807, 2.05) is 6.07 Å². The lowest BCUT2D eigenvalue weighted by Crippen LogP contribution is -2.28. The summed E-state index contributed by atoms with van der Waals surface area (Å²) in [6, 6.07) is 9.82. The number of halogens is 1. The minimum absolute atomic E-state index is 0.302. The van der Waals surface area contributed by atoms with Crippen molar-refractivity contribution in [2.24, 2.45) is 0 Å². The molecule has 0 saturated carbocycles. The Morgan fingerprint density at radius 3 is 2.35 bits per heavy atom. The van der Waals surface area contributed by atoms with E-state index in [4.69, 9.17) is 4.74 Å². The van der Waals surface area contributed by atoms with E-state index in [9.17, 15) is 9.50 Å². The first-order valence-electron chi connectivity index (χ1n) is 7.58. The van der Waals surface area contributed by atoms with Crippen molar-refractivity contribution in [1.82, 2.24) is 9.88 Å². The summed E-state index contributed by atoms with van der Waals surface area (Å²) >= 11 is 0. The van der Waals surface area contributed by atoms with Crippen LogP contribution in [0.1, 0.15) is 19.5 Å². The van der Waals surface area contributed by atoms with Crippen molar-refractivity contribution < 1.29 is 14.2 Å². The lowest BCUT2D eigenvalue weighted by Gasteiger charge is -2.19. The molecule has 2 aromatic rings. The van der Waals surface area contributed by atoms with Crippen molar-refractivity contribution in [3.8, 4) is 11.5 Å². The Labute approximate surface area is 134 Å². The zero-order chi connectivity index (χ0) is 16.4. The molecule has 1 aromatic carbocycles. The zero-order valence-corrected chi connectivity index (χ0v) is 13.2.